The average molecular weight is 242 g/mol. The highest BCUT2D eigenvalue weighted by Crippen LogP contribution is 2.25. The molecular weight excluding hydrogens is 230 g/mol. The van der Waals surface area contributed by atoms with Crippen molar-refractivity contribution in [1.82, 2.24) is 4.90 Å². The van der Waals surface area contributed by atoms with E-state index in [-0.39, 0.29) is 0 Å². The fourth-order valence-electron chi connectivity index (χ4n) is 1.27. The zero-order valence-electron chi connectivity index (χ0n) is 7.59. The highest BCUT2D eigenvalue weighted by atomic mass is 79.9. The highest BCUT2D eigenvalue weighted by molar-refractivity contribution is 9.10. The summed E-state index contributed by atoms with van der Waals surface area (Å²) in [4.78, 5) is 2.37. The Hall–Kier alpha value is -0.540. The van der Waals surface area contributed by atoms with Crippen LogP contribution in [0.25, 0.3) is 0 Å². The molecule has 1 aliphatic heterocycles. The molecule has 1 aromatic rings. The van der Waals surface area contributed by atoms with Gasteiger partial charge in [0.1, 0.15) is 5.75 Å². The van der Waals surface area contributed by atoms with Crippen molar-refractivity contribution in [1.29, 1.82) is 0 Å². The number of halogens is 1. The third-order valence-corrected chi connectivity index (χ3v) is 2.96. The number of hydrogen-bond acceptors (Lipinski definition) is 2. The van der Waals surface area contributed by atoms with Crippen molar-refractivity contribution < 1.29 is 4.74 Å². The van der Waals surface area contributed by atoms with Gasteiger partial charge in [-0.15, -0.1) is 0 Å². The molecule has 0 aromatic heterocycles. The second kappa shape index (κ2) is 3.68. The lowest BCUT2D eigenvalue weighted by Gasteiger charge is -2.07. The van der Waals surface area contributed by atoms with Gasteiger partial charge in [-0.1, -0.05) is 15.9 Å². The van der Waals surface area contributed by atoms with Crippen molar-refractivity contribution in [3.05, 3.63) is 28.2 Å². The SMILES string of the molecule is COc1ccc(Br)c(CN2CC2)c1. The Balaban J connectivity index is 2.19. The summed E-state index contributed by atoms with van der Waals surface area (Å²) in [6.45, 7) is 3.48. The van der Waals surface area contributed by atoms with E-state index in [1.165, 1.54) is 23.1 Å². The lowest BCUT2D eigenvalue weighted by atomic mass is 10.2. The minimum Gasteiger partial charge on any atom is -0.497 e. The van der Waals surface area contributed by atoms with Crippen molar-refractivity contribution >= 4 is 15.9 Å². The number of methoxy groups -OCH3 is 1. The molecule has 0 radical (unpaired) electrons. The maximum Gasteiger partial charge on any atom is 0.119 e. The number of ether oxygens (including phenoxy) is 1. The van der Waals surface area contributed by atoms with Crippen molar-refractivity contribution in [2.45, 2.75) is 6.54 Å². The van der Waals surface area contributed by atoms with Crippen LogP contribution in [-0.2, 0) is 6.54 Å². The Morgan fingerprint density at radius 1 is 1.46 bits per heavy atom. The zero-order valence-corrected chi connectivity index (χ0v) is 9.17. The summed E-state index contributed by atoms with van der Waals surface area (Å²) in [6.07, 6.45) is 0. The lowest BCUT2D eigenvalue weighted by molar-refractivity contribution is 0.413. The molecule has 1 heterocycles. The van der Waals surface area contributed by atoms with Crippen molar-refractivity contribution in [3.8, 4) is 5.75 Å². The molecular formula is C10H12BrNO. The van der Waals surface area contributed by atoms with Crippen LogP contribution >= 0.6 is 15.9 Å². The summed E-state index contributed by atoms with van der Waals surface area (Å²) < 4.78 is 6.34. The molecule has 0 amide bonds. The monoisotopic (exact) mass is 241 g/mol. The van der Waals surface area contributed by atoms with Gasteiger partial charge in [0.15, 0.2) is 0 Å². The van der Waals surface area contributed by atoms with Gasteiger partial charge in [-0.05, 0) is 23.8 Å². The van der Waals surface area contributed by atoms with Crippen molar-refractivity contribution in [3.63, 3.8) is 0 Å². The molecule has 1 aliphatic rings. The first-order valence-corrected chi connectivity index (χ1v) is 5.13. The molecule has 1 saturated heterocycles. The Bertz CT molecular complexity index is 310. The highest BCUT2D eigenvalue weighted by Gasteiger charge is 2.18. The fourth-order valence-corrected chi connectivity index (χ4v) is 1.64. The van der Waals surface area contributed by atoms with Crippen LogP contribution in [0.15, 0.2) is 22.7 Å². The molecule has 13 heavy (non-hydrogen) atoms. The van der Waals surface area contributed by atoms with E-state index in [2.05, 4.69) is 26.9 Å². The summed E-state index contributed by atoms with van der Waals surface area (Å²) in [7, 11) is 1.70. The first-order chi connectivity index (χ1) is 6.29. The van der Waals surface area contributed by atoms with Gasteiger partial charge in [-0.2, -0.15) is 0 Å². The molecule has 0 aliphatic carbocycles. The first-order valence-electron chi connectivity index (χ1n) is 4.34. The largest absolute Gasteiger partial charge is 0.497 e. The summed E-state index contributed by atoms with van der Waals surface area (Å²) in [5.41, 5.74) is 1.30. The minimum atomic E-state index is 0.931. The van der Waals surface area contributed by atoms with Gasteiger partial charge in [0, 0.05) is 24.1 Å². The first kappa shape index (κ1) is 9.03. The predicted molar refractivity (Wildman–Crippen MR) is 56.0 cm³/mol. The molecule has 0 saturated carbocycles. The van der Waals surface area contributed by atoms with E-state index in [1.807, 2.05) is 12.1 Å². The lowest BCUT2D eigenvalue weighted by Crippen LogP contribution is -1.98. The molecule has 0 bridgehead atoms. The molecule has 1 aromatic carbocycles. The molecule has 0 unspecified atom stereocenters. The van der Waals surface area contributed by atoms with Crippen LogP contribution in [0.4, 0.5) is 0 Å². The molecule has 3 heteroatoms. The van der Waals surface area contributed by atoms with Crippen LogP contribution in [0, 0.1) is 0 Å². The molecule has 1 fully saturated rings. The predicted octanol–water partition coefficient (Wildman–Crippen LogP) is 2.27. The third kappa shape index (κ3) is 2.23. The summed E-state index contributed by atoms with van der Waals surface area (Å²) in [5.74, 6) is 0.931. The topological polar surface area (TPSA) is 12.2 Å². The van der Waals surface area contributed by atoms with Gasteiger partial charge in [0.25, 0.3) is 0 Å². The molecule has 70 valence electrons. The number of benzene rings is 1. The van der Waals surface area contributed by atoms with Crippen LogP contribution in [0.3, 0.4) is 0 Å². The van der Waals surface area contributed by atoms with E-state index in [0.717, 1.165) is 12.3 Å². The number of hydrogen-bond donors (Lipinski definition) is 0. The fraction of sp³-hybridized carbons (Fsp3) is 0.400. The van der Waals surface area contributed by atoms with Crippen LogP contribution in [0.2, 0.25) is 0 Å². The second-order valence-electron chi connectivity index (χ2n) is 3.23. The second-order valence-corrected chi connectivity index (χ2v) is 4.09. The van der Waals surface area contributed by atoms with E-state index in [4.69, 9.17) is 4.74 Å². The number of rotatable bonds is 3. The Kier molecular flexibility index (Phi) is 2.56. The maximum atomic E-state index is 5.17. The van der Waals surface area contributed by atoms with Gasteiger partial charge in [0.2, 0.25) is 0 Å². The molecule has 0 N–H and O–H groups in total. The van der Waals surface area contributed by atoms with Crippen LogP contribution in [0.1, 0.15) is 5.56 Å². The van der Waals surface area contributed by atoms with Gasteiger partial charge < -0.3 is 4.74 Å². The van der Waals surface area contributed by atoms with E-state index < -0.39 is 0 Å². The van der Waals surface area contributed by atoms with Gasteiger partial charge >= 0.3 is 0 Å². The van der Waals surface area contributed by atoms with Gasteiger partial charge in [0.05, 0.1) is 7.11 Å². The Morgan fingerprint density at radius 2 is 2.23 bits per heavy atom. The van der Waals surface area contributed by atoms with Gasteiger partial charge in [-0.3, -0.25) is 4.90 Å². The normalized spacial score (nSPS) is 15.8. The Morgan fingerprint density at radius 3 is 2.85 bits per heavy atom. The quantitative estimate of drug-likeness (QED) is 0.754. The van der Waals surface area contributed by atoms with E-state index in [9.17, 15) is 0 Å². The van der Waals surface area contributed by atoms with Crippen LogP contribution in [-0.4, -0.2) is 25.1 Å². The third-order valence-electron chi connectivity index (χ3n) is 2.19. The summed E-state index contributed by atoms with van der Waals surface area (Å²) in [6, 6.07) is 6.09. The summed E-state index contributed by atoms with van der Waals surface area (Å²) >= 11 is 3.53. The zero-order chi connectivity index (χ0) is 9.26. The van der Waals surface area contributed by atoms with Crippen molar-refractivity contribution in [2.24, 2.45) is 0 Å². The van der Waals surface area contributed by atoms with Crippen LogP contribution < -0.4 is 4.74 Å². The van der Waals surface area contributed by atoms with Crippen LogP contribution in [0.5, 0.6) is 5.75 Å². The Labute approximate surface area is 86.6 Å². The minimum absolute atomic E-state index is 0.931. The smallest absolute Gasteiger partial charge is 0.119 e. The van der Waals surface area contributed by atoms with Crippen molar-refractivity contribution in [2.75, 3.05) is 20.2 Å². The maximum absolute atomic E-state index is 5.17. The summed E-state index contributed by atoms with van der Waals surface area (Å²) in [5, 5.41) is 0. The number of nitrogens with zero attached hydrogens (tertiary/aromatic N) is 1. The molecule has 2 nitrogen and oxygen atoms in total. The average Bonchev–Trinajstić information content (AvgIpc) is 2.93. The molecule has 0 spiro atoms. The van der Waals surface area contributed by atoms with E-state index in [1.54, 1.807) is 7.11 Å². The molecule has 0 atom stereocenters. The standard InChI is InChI=1S/C10H12BrNO/c1-13-9-2-3-10(11)8(6-9)7-12-4-5-12/h2-3,6H,4-5,7H2,1H3. The molecule has 2 rings (SSSR count). The van der Waals surface area contributed by atoms with E-state index in [0.29, 0.717) is 0 Å². The van der Waals surface area contributed by atoms with Gasteiger partial charge in [-0.25, -0.2) is 0 Å². The van der Waals surface area contributed by atoms with E-state index >= 15 is 0 Å².